The average molecular weight is 239 g/mol. The van der Waals surface area contributed by atoms with E-state index in [2.05, 4.69) is 50.9 Å². The summed E-state index contributed by atoms with van der Waals surface area (Å²) in [5, 5.41) is 3.45. The molecular formula is C14H25NS. The zero-order valence-corrected chi connectivity index (χ0v) is 11.8. The molecule has 0 atom stereocenters. The van der Waals surface area contributed by atoms with Gasteiger partial charge in [-0.3, -0.25) is 0 Å². The third-order valence-electron chi connectivity index (χ3n) is 2.25. The third kappa shape index (κ3) is 10.1. The van der Waals surface area contributed by atoms with E-state index in [1.54, 1.807) is 0 Å². The first kappa shape index (κ1) is 15.5. The predicted molar refractivity (Wildman–Crippen MR) is 78.0 cm³/mol. The van der Waals surface area contributed by atoms with Gasteiger partial charge in [0.15, 0.2) is 0 Å². The normalized spacial score (nSPS) is 14.1. The zero-order valence-electron chi connectivity index (χ0n) is 11.0. The van der Waals surface area contributed by atoms with Crippen molar-refractivity contribution in [1.82, 2.24) is 5.32 Å². The van der Waals surface area contributed by atoms with Gasteiger partial charge in [-0.15, -0.1) is 12.6 Å². The molecule has 0 aliphatic carbocycles. The fraction of sp³-hybridized carbons (Fsp3) is 0.571. The SMILES string of the molecule is C\C=C(/C=C\C=C(/C)S)CNCCC(C)C. The lowest BCUT2D eigenvalue weighted by atomic mass is 10.1. The fourth-order valence-electron chi connectivity index (χ4n) is 1.19. The van der Waals surface area contributed by atoms with Gasteiger partial charge in [0.2, 0.25) is 0 Å². The van der Waals surface area contributed by atoms with Gasteiger partial charge in [0.05, 0.1) is 0 Å². The van der Waals surface area contributed by atoms with Crippen molar-refractivity contribution in [2.24, 2.45) is 5.92 Å². The van der Waals surface area contributed by atoms with Crippen molar-refractivity contribution in [3.63, 3.8) is 0 Å². The van der Waals surface area contributed by atoms with E-state index < -0.39 is 0 Å². The van der Waals surface area contributed by atoms with Crippen molar-refractivity contribution in [2.45, 2.75) is 34.1 Å². The average Bonchev–Trinajstić information content (AvgIpc) is 2.20. The Bertz CT molecular complexity index is 258. The zero-order chi connectivity index (χ0) is 12.4. The van der Waals surface area contributed by atoms with Crippen LogP contribution in [0.15, 0.2) is 34.8 Å². The van der Waals surface area contributed by atoms with Gasteiger partial charge < -0.3 is 5.32 Å². The van der Waals surface area contributed by atoms with Gasteiger partial charge >= 0.3 is 0 Å². The van der Waals surface area contributed by atoms with E-state index in [1.165, 1.54) is 12.0 Å². The summed E-state index contributed by atoms with van der Waals surface area (Å²) in [6, 6.07) is 0. The van der Waals surface area contributed by atoms with Crippen molar-refractivity contribution in [1.29, 1.82) is 0 Å². The summed E-state index contributed by atoms with van der Waals surface area (Å²) in [4.78, 5) is 1.03. The lowest BCUT2D eigenvalue weighted by molar-refractivity contribution is 0.550. The topological polar surface area (TPSA) is 12.0 Å². The van der Waals surface area contributed by atoms with E-state index in [1.807, 2.05) is 19.1 Å². The molecule has 0 fully saturated rings. The first-order valence-electron chi connectivity index (χ1n) is 5.96. The minimum absolute atomic E-state index is 0.770. The molecule has 0 spiro atoms. The number of rotatable bonds is 7. The molecule has 0 aromatic heterocycles. The first-order chi connectivity index (χ1) is 7.56. The summed E-state index contributed by atoms with van der Waals surface area (Å²) in [7, 11) is 0. The second-order valence-corrected chi connectivity index (χ2v) is 5.10. The van der Waals surface area contributed by atoms with Gasteiger partial charge in [0.25, 0.3) is 0 Å². The lowest BCUT2D eigenvalue weighted by Gasteiger charge is -2.07. The van der Waals surface area contributed by atoms with E-state index in [0.717, 1.165) is 23.9 Å². The van der Waals surface area contributed by atoms with Crippen LogP contribution in [0.25, 0.3) is 0 Å². The van der Waals surface area contributed by atoms with Crippen LogP contribution in [0.5, 0.6) is 0 Å². The van der Waals surface area contributed by atoms with Crippen LogP contribution in [-0.2, 0) is 0 Å². The van der Waals surface area contributed by atoms with Gasteiger partial charge in [-0.25, -0.2) is 0 Å². The molecule has 92 valence electrons. The molecule has 2 heteroatoms. The monoisotopic (exact) mass is 239 g/mol. The summed E-state index contributed by atoms with van der Waals surface area (Å²) in [5.74, 6) is 0.770. The molecule has 1 N–H and O–H groups in total. The summed E-state index contributed by atoms with van der Waals surface area (Å²) in [5.41, 5.74) is 1.31. The van der Waals surface area contributed by atoms with Crippen LogP contribution in [0.3, 0.4) is 0 Å². The molecule has 0 unspecified atom stereocenters. The van der Waals surface area contributed by atoms with E-state index in [-0.39, 0.29) is 0 Å². The lowest BCUT2D eigenvalue weighted by Crippen LogP contribution is -2.19. The number of nitrogens with one attached hydrogen (secondary N) is 1. The molecule has 0 aromatic carbocycles. The highest BCUT2D eigenvalue weighted by Crippen LogP contribution is 2.01. The van der Waals surface area contributed by atoms with Crippen LogP contribution in [0.1, 0.15) is 34.1 Å². The van der Waals surface area contributed by atoms with Crippen LogP contribution in [-0.4, -0.2) is 13.1 Å². The maximum atomic E-state index is 4.21. The highest BCUT2D eigenvalue weighted by atomic mass is 32.1. The van der Waals surface area contributed by atoms with Gasteiger partial charge in [-0.05, 0) is 43.2 Å². The molecule has 0 amide bonds. The Labute approximate surface area is 106 Å². The second-order valence-electron chi connectivity index (χ2n) is 4.39. The van der Waals surface area contributed by atoms with Crippen LogP contribution < -0.4 is 5.32 Å². The minimum atomic E-state index is 0.770. The highest BCUT2D eigenvalue weighted by Gasteiger charge is 1.94. The molecule has 1 nitrogen and oxygen atoms in total. The Hall–Kier alpha value is -0.470. The molecule has 0 aromatic rings. The quantitative estimate of drug-likeness (QED) is 0.389. The molecule has 0 radical (unpaired) electrons. The Morgan fingerprint density at radius 3 is 2.56 bits per heavy atom. The standard InChI is InChI=1S/C14H25NS/c1-5-14(8-6-7-13(4)16)11-15-10-9-12(2)3/h5-8,12,15-16H,9-11H2,1-4H3/b8-6-,13-7+,14-5+. The van der Waals surface area contributed by atoms with E-state index >= 15 is 0 Å². The Kier molecular flexibility index (Phi) is 9.45. The Morgan fingerprint density at radius 1 is 1.38 bits per heavy atom. The molecule has 0 saturated heterocycles. The highest BCUT2D eigenvalue weighted by molar-refractivity contribution is 7.84. The van der Waals surface area contributed by atoms with Gasteiger partial charge in [0.1, 0.15) is 0 Å². The van der Waals surface area contributed by atoms with Crippen molar-refractivity contribution in [2.75, 3.05) is 13.1 Å². The molecule has 0 rings (SSSR count). The summed E-state index contributed by atoms with van der Waals surface area (Å²) in [6.07, 6.45) is 9.54. The molecule has 0 aliphatic heterocycles. The van der Waals surface area contributed by atoms with Crippen LogP contribution in [0, 0.1) is 5.92 Å². The third-order valence-corrected chi connectivity index (χ3v) is 2.40. The summed E-state index contributed by atoms with van der Waals surface area (Å²) >= 11 is 4.21. The number of hydrogen-bond donors (Lipinski definition) is 2. The van der Waals surface area contributed by atoms with Crippen molar-refractivity contribution >= 4 is 12.6 Å². The summed E-state index contributed by atoms with van der Waals surface area (Å²) in [6.45, 7) is 10.6. The number of hydrogen-bond acceptors (Lipinski definition) is 2. The first-order valence-corrected chi connectivity index (χ1v) is 6.40. The number of allylic oxidation sites excluding steroid dienone is 4. The van der Waals surface area contributed by atoms with Crippen LogP contribution in [0.2, 0.25) is 0 Å². The smallest absolute Gasteiger partial charge is 0.0202 e. The van der Waals surface area contributed by atoms with Gasteiger partial charge in [-0.2, -0.15) is 0 Å². The van der Waals surface area contributed by atoms with Crippen LogP contribution >= 0.6 is 12.6 Å². The Morgan fingerprint density at radius 2 is 2.06 bits per heavy atom. The second kappa shape index (κ2) is 9.73. The largest absolute Gasteiger partial charge is 0.313 e. The predicted octanol–water partition coefficient (Wildman–Crippen LogP) is 3.96. The molecule has 0 heterocycles. The maximum Gasteiger partial charge on any atom is 0.0202 e. The molecule has 0 saturated carbocycles. The fourth-order valence-corrected chi connectivity index (χ4v) is 1.28. The Balaban J connectivity index is 3.86. The molecule has 16 heavy (non-hydrogen) atoms. The van der Waals surface area contributed by atoms with Crippen molar-refractivity contribution in [3.05, 3.63) is 34.8 Å². The molecule has 0 bridgehead atoms. The number of thiol groups is 1. The van der Waals surface area contributed by atoms with E-state index in [4.69, 9.17) is 0 Å². The van der Waals surface area contributed by atoms with E-state index in [0.29, 0.717) is 0 Å². The van der Waals surface area contributed by atoms with E-state index in [9.17, 15) is 0 Å². The maximum absolute atomic E-state index is 4.21. The van der Waals surface area contributed by atoms with Crippen molar-refractivity contribution in [3.8, 4) is 0 Å². The van der Waals surface area contributed by atoms with Crippen LogP contribution in [0.4, 0.5) is 0 Å². The minimum Gasteiger partial charge on any atom is -0.313 e. The molecule has 0 aliphatic rings. The molecular weight excluding hydrogens is 214 g/mol. The van der Waals surface area contributed by atoms with Crippen molar-refractivity contribution < 1.29 is 0 Å². The summed E-state index contributed by atoms with van der Waals surface area (Å²) < 4.78 is 0. The van der Waals surface area contributed by atoms with Gasteiger partial charge in [0, 0.05) is 6.54 Å². The van der Waals surface area contributed by atoms with Gasteiger partial charge in [-0.1, -0.05) is 38.2 Å².